The fourth-order valence-electron chi connectivity index (χ4n) is 4.29. The third-order valence-corrected chi connectivity index (χ3v) is 5.55. The molecule has 0 heterocycles. The van der Waals surface area contributed by atoms with E-state index in [4.69, 9.17) is 33.2 Å². The maximum absolute atomic E-state index is 14.3. The van der Waals surface area contributed by atoms with E-state index in [0.29, 0.717) is 52.2 Å². The van der Waals surface area contributed by atoms with E-state index in [1.807, 2.05) is 95.2 Å². The third-order valence-electron chi connectivity index (χ3n) is 5.55. The molecule has 42 heavy (non-hydrogen) atoms. The number of carbonyl (C=O) groups is 1. The van der Waals surface area contributed by atoms with Gasteiger partial charge in [-0.15, -0.1) is 0 Å². The van der Waals surface area contributed by atoms with Gasteiger partial charge >= 0.3 is 0 Å². The standard InChI is InChI=1S/C34H52O8/c1-19(2)37-26-16-25(32(40-22(7)8)28(17-26)36-13)14-15-27(35)31-33(41-23(9)10)29(38-20(3)4)18-30(39-21(5)6)34(31)42-24(11)12/h16-24H,14-15H2,1-13H3. The van der Waals surface area contributed by atoms with Crippen LogP contribution in [0.5, 0.6) is 40.2 Å². The number of ketones is 1. The molecular formula is C34H52O8. The average molecular weight is 589 g/mol. The van der Waals surface area contributed by atoms with Crippen LogP contribution in [0.4, 0.5) is 0 Å². The second kappa shape index (κ2) is 15.8. The third kappa shape index (κ3) is 10.2. The molecule has 2 aromatic carbocycles. The summed E-state index contributed by atoms with van der Waals surface area (Å²) >= 11 is 0. The molecule has 8 heteroatoms. The largest absolute Gasteiger partial charge is 0.493 e. The predicted molar refractivity (Wildman–Crippen MR) is 167 cm³/mol. The summed E-state index contributed by atoms with van der Waals surface area (Å²) in [5.74, 6) is 3.19. The van der Waals surface area contributed by atoms with Crippen LogP contribution in [0.25, 0.3) is 0 Å². The highest BCUT2D eigenvalue weighted by molar-refractivity contribution is 6.03. The molecule has 0 saturated carbocycles. The molecule has 0 aromatic heterocycles. The van der Waals surface area contributed by atoms with Crippen LogP contribution in [0.15, 0.2) is 18.2 Å². The van der Waals surface area contributed by atoms with Crippen LogP contribution in [0.1, 0.15) is 105 Å². The fourth-order valence-corrected chi connectivity index (χ4v) is 4.29. The molecule has 0 aliphatic rings. The smallest absolute Gasteiger partial charge is 0.176 e. The van der Waals surface area contributed by atoms with Crippen LogP contribution in [-0.2, 0) is 6.42 Å². The molecule has 0 saturated heterocycles. The van der Waals surface area contributed by atoms with Gasteiger partial charge in [0.1, 0.15) is 11.3 Å². The second-order valence-corrected chi connectivity index (χ2v) is 11.9. The number of rotatable bonds is 17. The van der Waals surface area contributed by atoms with E-state index in [0.717, 1.165) is 5.56 Å². The van der Waals surface area contributed by atoms with Crippen LogP contribution < -0.4 is 33.2 Å². The maximum atomic E-state index is 14.3. The number of aryl methyl sites for hydroxylation is 1. The summed E-state index contributed by atoms with van der Waals surface area (Å²) in [5, 5.41) is 0. The van der Waals surface area contributed by atoms with Crippen LogP contribution >= 0.6 is 0 Å². The van der Waals surface area contributed by atoms with Crippen molar-refractivity contribution in [2.45, 2.75) is 133 Å². The molecule has 2 rings (SSSR count). The minimum atomic E-state index is -0.213. The lowest BCUT2D eigenvalue weighted by Gasteiger charge is -2.26. The Labute approximate surface area is 252 Å². The van der Waals surface area contributed by atoms with E-state index >= 15 is 0 Å². The van der Waals surface area contributed by atoms with Crippen LogP contribution in [0.3, 0.4) is 0 Å². The first kappa shape index (κ1) is 34.9. The van der Waals surface area contributed by atoms with E-state index < -0.39 is 0 Å². The zero-order valence-electron chi connectivity index (χ0n) is 27.9. The van der Waals surface area contributed by atoms with Crippen molar-refractivity contribution < 1.29 is 38.0 Å². The van der Waals surface area contributed by atoms with Crippen molar-refractivity contribution in [1.82, 2.24) is 0 Å². The summed E-state index contributed by atoms with van der Waals surface area (Å²) in [5.41, 5.74) is 1.11. The van der Waals surface area contributed by atoms with Crippen molar-refractivity contribution >= 4 is 5.78 Å². The molecule has 0 aliphatic heterocycles. The molecule has 0 radical (unpaired) electrons. The monoisotopic (exact) mass is 588 g/mol. The maximum Gasteiger partial charge on any atom is 0.176 e. The average Bonchev–Trinajstić information content (AvgIpc) is 2.84. The first-order chi connectivity index (χ1) is 19.6. The highest BCUT2D eigenvalue weighted by Gasteiger charge is 2.30. The minimum Gasteiger partial charge on any atom is -0.493 e. The van der Waals surface area contributed by atoms with Crippen LogP contribution in [0, 0.1) is 0 Å². The molecule has 0 aliphatic carbocycles. The molecule has 0 spiro atoms. The van der Waals surface area contributed by atoms with Gasteiger partial charge in [-0.1, -0.05) is 0 Å². The number of carbonyl (C=O) groups excluding carboxylic acids is 1. The Hall–Kier alpha value is -3.29. The van der Waals surface area contributed by atoms with Crippen LogP contribution in [0.2, 0.25) is 0 Å². The van der Waals surface area contributed by atoms with Crippen molar-refractivity contribution in [2.24, 2.45) is 0 Å². The molecule has 0 N–H and O–H groups in total. The molecule has 236 valence electrons. The van der Waals surface area contributed by atoms with Crippen molar-refractivity contribution in [3.63, 3.8) is 0 Å². The summed E-state index contributed by atoms with van der Waals surface area (Å²) in [6.45, 7) is 23.2. The van der Waals surface area contributed by atoms with Gasteiger partial charge in [0.15, 0.2) is 40.3 Å². The van der Waals surface area contributed by atoms with Gasteiger partial charge in [0.2, 0.25) is 0 Å². The van der Waals surface area contributed by atoms with E-state index in [2.05, 4.69) is 0 Å². The molecule has 0 atom stereocenters. The van der Waals surface area contributed by atoms with Gasteiger partial charge in [0.25, 0.3) is 0 Å². The molecule has 8 nitrogen and oxygen atoms in total. The summed E-state index contributed by atoms with van der Waals surface area (Å²) in [7, 11) is 1.60. The van der Waals surface area contributed by atoms with Gasteiger partial charge in [-0.05, 0) is 95.6 Å². The summed E-state index contributed by atoms with van der Waals surface area (Å²) in [6.07, 6.45) is -0.359. The normalized spacial score (nSPS) is 11.6. The van der Waals surface area contributed by atoms with Gasteiger partial charge in [-0.2, -0.15) is 0 Å². The minimum absolute atomic E-state index is 0.0318. The Morgan fingerprint density at radius 2 is 0.976 bits per heavy atom. The zero-order valence-corrected chi connectivity index (χ0v) is 27.9. The van der Waals surface area contributed by atoms with E-state index in [1.54, 1.807) is 13.2 Å². The van der Waals surface area contributed by atoms with E-state index in [1.165, 1.54) is 0 Å². The van der Waals surface area contributed by atoms with Crippen molar-refractivity contribution in [3.8, 4) is 40.2 Å². The lowest BCUT2D eigenvalue weighted by atomic mass is 9.98. The summed E-state index contributed by atoms with van der Waals surface area (Å²) in [4.78, 5) is 14.3. The van der Waals surface area contributed by atoms with Crippen LogP contribution in [-0.4, -0.2) is 49.5 Å². The first-order valence-electron chi connectivity index (χ1n) is 15.1. The number of hydrogen-bond donors (Lipinski definition) is 0. The Bertz CT molecular complexity index is 1120. The molecule has 0 unspecified atom stereocenters. The Morgan fingerprint density at radius 3 is 1.38 bits per heavy atom. The quantitative estimate of drug-likeness (QED) is 0.171. The number of ether oxygens (including phenoxy) is 7. The lowest BCUT2D eigenvalue weighted by Crippen LogP contribution is -2.19. The number of methoxy groups -OCH3 is 1. The van der Waals surface area contributed by atoms with Crippen molar-refractivity contribution in [3.05, 3.63) is 29.3 Å². The SMILES string of the molecule is COc1cc(OC(C)C)cc(CCC(=O)c2c(OC(C)C)c(OC(C)C)cc(OC(C)C)c2OC(C)C)c1OC(C)C. The van der Waals surface area contributed by atoms with Gasteiger partial charge in [-0.25, -0.2) is 0 Å². The lowest BCUT2D eigenvalue weighted by molar-refractivity contribution is 0.0963. The highest BCUT2D eigenvalue weighted by Crippen LogP contribution is 2.47. The van der Waals surface area contributed by atoms with Gasteiger partial charge in [0.05, 0.1) is 43.7 Å². The van der Waals surface area contributed by atoms with Crippen molar-refractivity contribution in [1.29, 1.82) is 0 Å². The topological polar surface area (TPSA) is 81.7 Å². The zero-order chi connectivity index (χ0) is 31.7. The molecule has 0 bridgehead atoms. The fraction of sp³-hybridized carbons (Fsp3) is 0.618. The Balaban J connectivity index is 2.72. The van der Waals surface area contributed by atoms with Gasteiger partial charge < -0.3 is 33.2 Å². The van der Waals surface area contributed by atoms with Gasteiger partial charge in [0, 0.05) is 24.1 Å². The predicted octanol–water partition coefficient (Wildman–Crippen LogP) is 8.23. The Kier molecular flexibility index (Phi) is 13.1. The molecule has 0 amide bonds. The first-order valence-corrected chi connectivity index (χ1v) is 15.1. The summed E-state index contributed by atoms with van der Waals surface area (Å²) < 4.78 is 42.7. The summed E-state index contributed by atoms with van der Waals surface area (Å²) in [6, 6.07) is 5.49. The van der Waals surface area contributed by atoms with Crippen molar-refractivity contribution in [2.75, 3.05) is 7.11 Å². The molecule has 0 fully saturated rings. The molecule has 2 aromatic rings. The highest BCUT2D eigenvalue weighted by atomic mass is 16.5. The van der Waals surface area contributed by atoms with Gasteiger partial charge in [-0.3, -0.25) is 4.79 Å². The Morgan fingerprint density at radius 1 is 0.548 bits per heavy atom. The number of benzene rings is 2. The number of hydrogen-bond acceptors (Lipinski definition) is 8. The van der Waals surface area contributed by atoms with E-state index in [-0.39, 0.29) is 48.8 Å². The second-order valence-electron chi connectivity index (χ2n) is 11.9. The number of Topliss-reactive ketones (excluding diaryl/α,β-unsaturated/α-hetero) is 1. The molecular weight excluding hydrogens is 536 g/mol. The van der Waals surface area contributed by atoms with E-state index in [9.17, 15) is 4.79 Å².